The van der Waals surface area contributed by atoms with Gasteiger partial charge in [-0.3, -0.25) is 0 Å². The molecular formula is C24H21FN4O2. The van der Waals surface area contributed by atoms with E-state index >= 15 is 0 Å². The summed E-state index contributed by atoms with van der Waals surface area (Å²) in [7, 11) is 0. The first-order valence-corrected chi connectivity index (χ1v) is 9.88. The normalized spacial score (nSPS) is 10.7. The van der Waals surface area contributed by atoms with Crippen molar-refractivity contribution in [3.63, 3.8) is 0 Å². The molecule has 0 spiro atoms. The van der Waals surface area contributed by atoms with E-state index in [1.807, 2.05) is 37.3 Å². The highest BCUT2D eigenvalue weighted by Crippen LogP contribution is 2.29. The van der Waals surface area contributed by atoms with Crippen LogP contribution in [0.1, 0.15) is 22.8 Å². The van der Waals surface area contributed by atoms with Gasteiger partial charge in [0, 0.05) is 17.8 Å². The Morgan fingerprint density at radius 3 is 2.61 bits per heavy atom. The molecule has 0 saturated carbocycles. The largest absolute Gasteiger partial charge is 0.462 e. The van der Waals surface area contributed by atoms with Crippen molar-refractivity contribution in [2.75, 3.05) is 11.9 Å². The molecule has 0 aliphatic rings. The number of nitrogens with zero attached hydrogens (tertiary/aromatic N) is 3. The number of anilines is 2. The van der Waals surface area contributed by atoms with Crippen LogP contribution in [0.2, 0.25) is 0 Å². The molecule has 0 saturated heterocycles. The summed E-state index contributed by atoms with van der Waals surface area (Å²) in [5.74, 6) is 0.200. The fourth-order valence-electron chi connectivity index (χ4n) is 3.22. The van der Waals surface area contributed by atoms with Crippen LogP contribution in [-0.2, 0) is 4.74 Å². The van der Waals surface area contributed by atoms with Crippen LogP contribution in [0.4, 0.5) is 16.0 Å². The summed E-state index contributed by atoms with van der Waals surface area (Å²) in [4.78, 5) is 16.7. The fourth-order valence-corrected chi connectivity index (χ4v) is 3.22. The molecule has 0 bridgehead atoms. The number of aryl methyl sites for hydroxylation is 1. The second kappa shape index (κ2) is 8.79. The number of hydrogen-bond acceptors (Lipinski definition) is 5. The number of aromatic nitrogens is 3. The van der Waals surface area contributed by atoms with Gasteiger partial charge in [-0.15, -0.1) is 0 Å². The zero-order valence-corrected chi connectivity index (χ0v) is 17.2. The van der Waals surface area contributed by atoms with Gasteiger partial charge in [-0.1, -0.05) is 18.2 Å². The lowest BCUT2D eigenvalue weighted by Gasteiger charge is -2.13. The van der Waals surface area contributed by atoms with E-state index in [9.17, 15) is 9.18 Å². The Morgan fingerprint density at radius 1 is 1.10 bits per heavy atom. The van der Waals surface area contributed by atoms with Crippen molar-refractivity contribution in [1.82, 2.24) is 14.8 Å². The first-order valence-electron chi connectivity index (χ1n) is 9.88. The molecule has 4 rings (SSSR count). The van der Waals surface area contributed by atoms with E-state index in [0.29, 0.717) is 22.9 Å². The smallest absolute Gasteiger partial charge is 0.341 e. The molecule has 0 amide bonds. The summed E-state index contributed by atoms with van der Waals surface area (Å²) in [5, 5.41) is 7.96. The van der Waals surface area contributed by atoms with E-state index in [-0.39, 0.29) is 12.4 Å². The maximum Gasteiger partial charge on any atom is 0.341 e. The van der Waals surface area contributed by atoms with Crippen molar-refractivity contribution in [1.29, 1.82) is 0 Å². The lowest BCUT2D eigenvalue weighted by molar-refractivity contribution is 0.0527. The van der Waals surface area contributed by atoms with Gasteiger partial charge in [-0.05, 0) is 61.9 Å². The monoisotopic (exact) mass is 416 g/mol. The van der Waals surface area contributed by atoms with E-state index in [1.54, 1.807) is 42.1 Å². The molecule has 2 heterocycles. The van der Waals surface area contributed by atoms with Crippen molar-refractivity contribution in [2.24, 2.45) is 0 Å². The zero-order valence-electron chi connectivity index (χ0n) is 17.2. The van der Waals surface area contributed by atoms with Crippen molar-refractivity contribution in [2.45, 2.75) is 13.8 Å². The molecule has 6 nitrogen and oxygen atoms in total. The Hall–Kier alpha value is -4.00. The quantitative estimate of drug-likeness (QED) is 0.432. The summed E-state index contributed by atoms with van der Waals surface area (Å²) in [6.45, 7) is 4.01. The van der Waals surface area contributed by atoms with E-state index in [2.05, 4.69) is 10.3 Å². The van der Waals surface area contributed by atoms with Crippen LogP contribution in [0, 0.1) is 12.7 Å². The van der Waals surface area contributed by atoms with Gasteiger partial charge >= 0.3 is 5.97 Å². The Labute approximate surface area is 179 Å². The van der Waals surface area contributed by atoms with Gasteiger partial charge in [0.2, 0.25) is 0 Å². The Morgan fingerprint density at radius 2 is 1.87 bits per heavy atom. The molecule has 0 atom stereocenters. The average Bonchev–Trinajstić information content (AvgIpc) is 3.18. The van der Waals surface area contributed by atoms with Gasteiger partial charge in [0.1, 0.15) is 23.0 Å². The number of para-hydroxylation sites is 1. The SMILES string of the molecule is CCOC(=O)c1cccnc1Nc1cc(-c2ccc(F)cc2)nn1-c1ccccc1C. The molecule has 2 aromatic carbocycles. The molecule has 7 heteroatoms. The predicted octanol–water partition coefficient (Wildman–Crippen LogP) is 5.30. The van der Waals surface area contributed by atoms with Crippen LogP contribution in [0.15, 0.2) is 72.9 Å². The molecule has 4 aromatic rings. The lowest BCUT2D eigenvalue weighted by atomic mass is 10.1. The first kappa shape index (κ1) is 20.3. The fraction of sp³-hybridized carbons (Fsp3) is 0.125. The maximum atomic E-state index is 13.4. The van der Waals surface area contributed by atoms with Crippen LogP contribution in [0.25, 0.3) is 16.9 Å². The standard InChI is InChI=1S/C24H21FN4O2/c1-3-31-24(30)19-8-6-14-26-23(19)27-22-15-20(17-10-12-18(25)13-11-17)28-29(22)21-9-5-4-7-16(21)2/h4-15H,3H2,1-2H3,(H,26,27). The van der Waals surface area contributed by atoms with Gasteiger partial charge in [0.05, 0.1) is 18.0 Å². The molecule has 0 unspecified atom stereocenters. The number of nitrogens with one attached hydrogen (secondary N) is 1. The minimum Gasteiger partial charge on any atom is -0.462 e. The highest BCUT2D eigenvalue weighted by atomic mass is 19.1. The van der Waals surface area contributed by atoms with Gasteiger partial charge in [-0.25, -0.2) is 18.9 Å². The summed E-state index contributed by atoms with van der Waals surface area (Å²) in [6.07, 6.45) is 1.60. The van der Waals surface area contributed by atoms with E-state index in [1.165, 1.54) is 12.1 Å². The minimum atomic E-state index is -0.459. The molecule has 31 heavy (non-hydrogen) atoms. The number of hydrogen-bond donors (Lipinski definition) is 1. The maximum absolute atomic E-state index is 13.4. The third-order valence-electron chi connectivity index (χ3n) is 4.74. The number of esters is 1. The number of rotatable bonds is 6. The Bertz CT molecular complexity index is 1220. The number of halogens is 1. The number of benzene rings is 2. The lowest BCUT2D eigenvalue weighted by Crippen LogP contribution is -2.11. The first-order chi connectivity index (χ1) is 15.1. The van der Waals surface area contributed by atoms with Crippen molar-refractivity contribution >= 4 is 17.6 Å². The summed E-state index contributed by atoms with van der Waals surface area (Å²) in [6, 6.07) is 19.1. The van der Waals surface area contributed by atoms with E-state index in [4.69, 9.17) is 9.84 Å². The molecule has 1 N–H and O–H groups in total. The molecule has 0 fully saturated rings. The van der Waals surface area contributed by atoms with E-state index < -0.39 is 5.97 Å². The molecule has 2 aromatic heterocycles. The van der Waals surface area contributed by atoms with Crippen LogP contribution in [-0.4, -0.2) is 27.3 Å². The molecule has 0 aliphatic carbocycles. The molecule has 0 radical (unpaired) electrons. The molecule has 156 valence electrons. The second-order valence-corrected chi connectivity index (χ2v) is 6.87. The number of carbonyl (C=O) groups is 1. The number of pyridine rings is 1. The van der Waals surface area contributed by atoms with Gasteiger partial charge in [0.25, 0.3) is 0 Å². The molecule has 0 aliphatic heterocycles. The number of ether oxygens (including phenoxy) is 1. The van der Waals surface area contributed by atoms with Gasteiger partial charge in [0.15, 0.2) is 0 Å². The minimum absolute atomic E-state index is 0.267. The van der Waals surface area contributed by atoms with Gasteiger partial charge in [-0.2, -0.15) is 5.10 Å². The Balaban J connectivity index is 1.81. The van der Waals surface area contributed by atoms with Crippen molar-refractivity contribution in [3.8, 4) is 16.9 Å². The third kappa shape index (κ3) is 4.30. The number of carbonyl (C=O) groups excluding carboxylic acids is 1. The summed E-state index contributed by atoms with van der Waals surface area (Å²) < 4.78 is 20.3. The highest BCUT2D eigenvalue weighted by molar-refractivity contribution is 5.95. The van der Waals surface area contributed by atoms with Crippen molar-refractivity contribution in [3.05, 3.63) is 89.9 Å². The van der Waals surface area contributed by atoms with Gasteiger partial charge < -0.3 is 10.1 Å². The summed E-state index contributed by atoms with van der Waals surface area (Å²) in [5.41, 5.74) is 3.63. The highest BCUT2D eigenvalue weighted by Gasteiger charge is 2.18. The van der Waals surface area contributed by atoms with Crippen molar-refractivity contribution < 1.29 is 13.9 Å². The summed E-state index contributed by atoms with van der Waals surface area (Å²) >= 11 is 0. The Kier molecular flexibility index (Phi) is 5.75. The van der Waals surface area contributed by atoms with Crippen LogP contribution in [0.5, 0.6) is 0 Å². The topological polar surface area (TPSA) is 69.0 Å². The van der Waals surface area contributed by atoms with Crippen LogP contribution < -0.4 is 5.32 Å². The van der Waals surface area contributed by atoms with E-state index in [0.717, 1.165) is 16.8 Å². The third-order valence-corrected chi connectivity index (χ3v) is 4.74. The molecular weight excluding hydrogens is 395 g/mol. The average molecular weight is 416 g/mol. The predicted molar refractivity (Wildman–Crippen MR) is 117 cm³/mol. The van der Waals surface area contributed by atoms with Crippen LogP contribution >= 0.6 is 0 Å². The second-order valence-electron chi connectivity index (χ2n) is 6.87. The van der Waals surface area contributed by atoms with Crippen LogP contribution in [0.3, 0.4) is 0 Å². The zero-order chi connectivity index (χ0) is 21.8.